The lowest BCUT2D eigenvalue weighted by Gasteiger charge is -2.36. The lowest BCUT2D eigenvalue weighted by atomic mass is 9.95. The Labute approximate surface area is 136 Å². The van der Waals surface area contributed by atoms with Crippen molar-refractivity contribution in [2.75, 3.05) is 31.1 Å². The first-order valence-electron chi connectivity index (χ1n) is 8.36. The number of carbonyl (C=O) groups excluding carboxylic acids is 1. The van der Waals surface area contributed by atoms with Crippen LogP contribution in [0, 0.1) is 5.92 Å². The molecule has 6 heteroatoms. The van der Waals surface area contributed by atoms with Crippen LogP contribution in [0.4, 0.5) is 5.82 Å². The largest absolute Gasteiger partial charge is 0.477 e. The van der Waals surface area contributed by atoms with Crippen LogP contribution in [-0.2, 0) is 4.79 Å². The fourth-order valence-electron chi connectivity index (χ4n) is 3.43. The standard InChI is InChI=1S/C17H23N3O3/c21-16-6-1-2-9-20(16)12-13-7-10-19(11-8-13)15-5-3-4-14(18-15)17(22)23/h3-5,13H,1-2,6-12H2,(H,22,23). The van der Waals surface area contributed by atoms with Crippen LogP contribution < -0.4 is 4.90 Å². The van der Waals surface area contributed by atoms with Crippen LogP contribution in [0.25, 0.3) is 0 Å². The van der Waals surface area contributed by atoms with Gasteiger partial charge in [-0.3, -0.25) is 4.79 Å². The van der Waals surface area contributed by atoms with E-state index in [1.54, 1.807) is 6.07 Å². The number of rotatable bonds is 4. The summed E-state index contributed by atoms with van der Waals surface area (Å²) in [5.41, 5.74) is 0.0866. The van der Waals surface area contributed by atoms with Crippen LogP contribution in [0.15, 0.2) is 18.2 Å². The molecule has 1 amide bonds. The first kappa shape index (κ1) is 15.8. The van der Waals surface area contributed by atoms with Gasteiger partial charge in [0, 0.05) is 32.6 Å². The van der Waals surface area contributed by atoms with Gasteiger partial charge in [0.15, 0.2) is 5.69 Å². The summed E-state index contributed by atoms with van der Waals surface area (Å²) >= 11 is 0. The van der Waals surface area contributed by atoms with Crippen molar-refractivity contribution in [3.63, 3.8) is 0 Å². The number of carboxylic acids is 1. The highest BCUT2D eigenvalue weighted by atomic mass is 16.4. The molecule has 0 unspecified atom stereocenters. The van der Waals surface area contributed by atoms with E-state index in [1.807, 2.05) is 11.0 Å². The van der Waals surface area contributed by atoms with E-state index in [1.165, 1.54) is 6.07 Å². The summed E-state index contributed by atoms with van der Waals surface area (Å²) in [5, 5.41) is 9.04. The first-order chi connectivity index (χ1) is 11.1. The van der Waals surface area contributed by atoms with E-state index < -0.39 is 5.97 Å². The van der Waals surface area contributed by atoms with Crippen molar-refractivity contribution in [1.29, 1.82) is 0 Å². The molecule has 23 heavy (non-hydrogen) atoms. The van der Waals surface area contributed by atoms with Crippen LogP contribution in [0.3, 0.4) is 0 Å². The highest BCUT2D eigenvalue weighted by Gasteiger charge is 2.25. The second-order valence-electron chi connectivity index (χ2n) is 6.41. The van der Waals surface area contributed by atoms with E-state index in [2.05, 4.69) is 9.88 Å². The molecule has 3 rings (SSSR count). The molecule has 0 radical (unpaired) electrons. The van der Waals surface area contributed by atoms with Gasteiger partial charge < -0.3 is 14.9 Å². The van der Waals surface area contributed by atoms with Crippen LogP contribution in [0.2, 0.25) is 0 Å². The molecule has 1 aromatic rings. The van der Waals surface area contributed by atoms with Gasteiger partial charge in [-0.1, -0.05) is 6.07 Å². The maximum atomic E-state index is 11.9. The predicted octanol–water partition coefficient (Wildman–Crippen LogP) is 2.01. The van der Waals surface area contributed by atoms with Crippen LogP contribution in [0.5, 0.6) is 0 Å². The Morgan fingerprint density at radius 1 is 1.22 bits per heavy atom. The summed E-state index contributed by atoms with van der Waals surface area (Å²) in [6.07, 6.45) is 4.88. The van der Waals surface area contributed by atoms with Crippen molar-refractivity contribution >= 4 is 17.7 Å². The number of pyridine rings is 1. The van der Waals surface area contributed by atoms with E-state index in [0.717, 1.165) is 57.7 Å². The molecule has 2 aliphatic heterocycles. The van der Waals surface area contributed by atoms with Crippen LogP contribution in [-0.4, -0.2) is 53.0 Å². The molecular formula is C17H23N3O3. The summed E-state index contributed by atoms with van der Waals surface area (Å²) < 4.78 is 0. The van der Waals surface area contributed by atoms with Crippen molar-refractivity contribution in [1.82, 2.24) is 9.88 Å². The Hall–Kier alpha value is -2.11. The van der Waals surface area contributed by atoms with Crippen molar-refractivity contribution in [2.45, 2.75) is 32.1 Å². The SMILES string of the molecule is O=C(O)c1cccc(N2CCC(CN3CCCCC3=O)CC2)n1. The van der Waals surface area contributed by atoms with E-state index in [0.29, 0.717) is 18.2 Å². The number of amides is 1. The average molecular weight is 317 g/mol. The summed E-state index contributed by atoms with van der Waals surface area (Å²) in [6.45, 7) is 3.50. The lowest BCUT2D eigenvalue weighted by Crippen LogP contribution is -2.42. The third kappa shape index (κ3) is 3.81. The Morgan fingerprint density at radius 2 is 2.00 bits per heavy atom. The molecule has 2 saturated heterocycles. The zero-order chi connectivity index (χ0) is 16.2. The molecule has 6 nitrogen and oxygen atoms in total. The van der Waals surface area contributed by atoms with Crippen molar-refractivity contribution in [2.24, 2.45) is 5.92 Å². The normalized spacial score (nSPS) is 19.9. The molecule has 1 aromatic heterocycles. The molecule has 3 heterocycles. The number of hydrogen-bond donors (Lipinski definition) is 1. The number of anilines is 1. The minimum Gasteiger partial charge on any atom is -0.477 e. The number of likely N-dealkylation sites (tertiary alicyclic amines) is 1. The average Bonchev–Trinajstić information content (AvgIpc) is 2.58. The van der Waals surface area contributed by atoms with E-state index in [4.69, 9.17) is 5.11 Å². The maximum Gasteiger partial charge on any atom is 0.354 e. The summed E-state index contributed by atoms with van der Waals surface area (Å²) in [7, 11) is 0. The smallest absolute Gasteiger partial charge is 0.354 e. The highest BCUT2D eigenvalue weighted by Crippen LogP contribution is 2.24. The fourth-order valence-corrected chi connectivity index (χ4v) is 3.43. The molecule has 0 spiro atoms. The third-order valence-corrected chi connectivity index (χ3v) is 4.79. The summed E-state index contributed by atoms with van der Waals surface area (Å²) in [6, 6.07) is 5.12. The molecule has 0 aromatic carbocycles. The molecule has 0 atom stereocenters. The molecular weight excluding hydrogens is 294 g/mol. The van der Waals surface area contributed by atoms with Gasteiger partial charge in [-0.05, 0) is 43.7 Å². The molecule has 124 valence electrons. The number of aromatic carboxylic acids is 1. The Bertz CT molecular complexity index is 582. The molecule has 0 saturated carbocycles. The van der Waals surface area contributed by atoms with Crippen molar-refractivity contribution in [3.8, 4) is 0 Å². The van der Waals surface area contributed by atoms with Gasteiger partial charge in [0.2, 0.25) is 5.91 Å². The number of carboxylic acid groups (broad SMARTS) is 1. The number of hydrogen-bond acceptors (Lipinski definition) is 4. The second kappa shape index (κ2) is 6.98. The lowest BCUT2D eigenvalue weighted by molar-refractivity contribution is -0.134. The molecule has 0 aliphatic carbocycles. The van der Waals surface area contributed by atoms with Gasteiger partial charge in [0.05, 0.1) is 0 Å². The van der Waals surface area contributed by atoms with Gasteiger partial charge in [-0.25, -0.2) is 9.78 Å². The highest BCUT2D eigenvalue weighted by molar-refractivity contribution is 5.85. The number of aromatic nitrogens is 1. The number of nitrogens with zero attached hydrogens (tertiary/aromatic N) is 3. The van der Waals surface area contributed by atoms with Crippen LogP contribution in [0.1, 0.15) is 42.6 Å². The number of carbonyl (C=O) groups is 2. The van der Waals surface area contributed by atoms with Gasteiger partial charge >= 0.3 is 5.97 Å². The minimum atomic E-state index is -0.995. The quantitative estimate of drug-likeness (QED) is 0.919. The monoisotopic (exact) mass is 317 g/mol. The second-order valence-corrected chi connectivity index (χ2v) is 6.41. The zero-order valence-corrected chi connectivity index (χ0v) is 13.3. The third-order valence-electron chi connectivity index (χ3n) is 4.79. The Kier molecular flexibility index (Phi) is 4.79. The van der Waals surface area contributed by atoms with Crippen molar-refractivity contribution < 1.29 is 14.7 Å². The molecule has 2 aliphatic rings. The predicted molar refractivity (Wildman–Crippen MR) is 86.6 cm³/mol. The van der Waals surface area contributed by atoms with E-state index in [-0.39, 0.29) is 5.69 Å². The Morgan fingerprint density at radius 3 is 2.70 bits per heavy atom. The zero-order valence-electron chi connectivity index (χ0n) is 13.3. The van der Waals surface area contributed by atoms with Crippen LogP contribution >= 0.6 is 0 Å². The molecule has 2 fully saturated rings. The number of piperidine rings is 2. The topological polar surface area (TPSA) is 73.7 Å². The van der Waals surface area contributed by atoms with E-state index in [9.17, 15) is 9.59 Å². The minimum absolute atomic E-state index is 0.0866. The van der Waals surface area contributed by atoms with E-state index >= 15 is 0 Å². The summed E-state index contributed by atoms with van der Waals surface area (Å²) in [5.74, 6) is 0.577. The summed E-state index contributed by atoms with van der Waals surface area (Å²) in [4.78, 5) is 31.3. The fraction of sp³-hybridized carbons (Fsp3) is 0.588. The molecule has 0 bridgehead atoms. The van der Waals surface area contributed by atoms with Gasteiger partial charge in [-0.2, -0.15) is 0 Å². The first-order valence-corrected chi connectivity index (χ1v) is 8.36. The van der Waals surface area contributed by atoms with Gasteiger partial charge in [0.25, 0.3) is 0 Å². The maximum absolute atomic E-state index is 11.9. The van der Waals surface area contributed by atoms with Gasteiger partial charge in [-0.15, -0.1) is 0 Å². The Balaban J connectivity index is 1.55. The van der Waals surface area contributed by atoms with Crippen molar-refractivity contribution in [3.05, 3.63) is 23.9 Å². The molecule has 1 N–H and O–H groups in total. The van der Waals surface area contributed by atoms with Gasteiger partial charge in [0.1, 0.15) is 5.82 Å².